The van der Waals surface area contributed by atoms with Crippen molar-refractivity contribution in [2.45, 2.75) is 50.6 Å². The monoisotopic (exact) mass is 462 g/mol. The average Bonchev–Trinajstić information content (AvgIpc) is 2.72. The van der Waals surface area contributed by atoms with Gasteiger partial charge >= 0.3 is 23.9 Å². The van der Waals surface area contributed by atoms with E-state index in [2.05, 4.69) is 21.3 Å². The van der Waals surface area contributed by atoms with Crippen LogP contribution in [0.2, 0.25) is 0 Å². The lowest BCUT2D eigenvalue weighted by Crippen LogP contribution is -2.53. The van der Waals surface area contributed by atoms with Gasteiger partial charge in [0.25, 0.3) is 0 Å². The molecular formula is C18H30N4O10. The molecule has 4 amide bonds. The summed E-state index contributed by atoms with van der Waals surface area (Å²) in [5.74, 6) is -4.72. The molecule has 0 aromatic rings. The van der Waals surface area contributed by atoms with Gasteiger partial charge in [-0.2, -0.15) is 0 Å². The van der Waals surface area contributed by atoms with Crippen molar-refractivity contribution in [2.75, 3.05) is 26.8 Å². The number of carboxylic acid groups (broad SMARTS) is 3. The maximum Gasteiger partial charge on any atom is 0.326 e. The Hall–Kier alpha value is -3.42. The molecule has 0 aromatic carbocycles. The van der Waals surface area contributed by atoms with Crippen molar-refractivity contribution in [1.82, 2.24) is 21.3 Å². The Bertz CT molecular complexity index is 670. The molecule has 0 aliphatic carbocycles. The zero-order chi connectivity index (χ0) is 24.5. The maximum atomic E-state index is 12.3. The minimum absolute atomic E-state index is 0.0576. The fourth-order valence-electron chi connectivity index (χ4n) is 2.35. The van der Waals surface area contributed by atoms with Crippen LogP contribution in [0.25, 0.3) is 0 Å². The van der Waals surface area contributed by atoms with Crippen molar-refractivity contribution >= 4 is 35.8 Å². The van der Waals surface area contributed by atoms with Crippen LogP contribution in [0.3, 0.4) is 0 Å². The molecule has 14 heteroatoms. The maximum absolute atomic E-state index is 12.3. The van der Waals surface area contributed by atoms with Gasteiger partial charge in [-0.05, 0) is 19.3 Å². The summed E-state index contributed by atoms with van der Waals surface area (Å²) in [6.07, 6.45) is -0.777. The third kappa shape index (κ3) is 14.5. The highest BCUT2D eigenvalue weighted by Gasteiger charge is 2.25. The minimum Gasteiger partial charge on any atom is -0.481 e. The van der Waals surface area contributed by atoms with Crippen LogP contribution >= 0.6 is 0 Å². The normalized spacial score (nSPS) is 12.2. The predicted molar refractivity (Wildman–Crippen MR) is 108 cm³/mol. The SMILES string of the molecule is CNC(=O)CCCOCCNC(=O)[C@H](CCC(=O)O)NC(=O)N[C@@H](CCC(=O)O)C(=O)O. The molecule has 182 valence electrons. The number of carbonyl (C=O) groups is 6. The molecule has 0 saturated heterocycles. The van der Waals surface area contributed by atoms with E-state index < -0.39 is 54.8 Å². The fourth-order valence-corrected chi connectivity index (χ4v) is 2.35. The van der Waals surface area contributed by atoms with Gasteiger partial charge in [-0.15, -0.1) is 0 Å². The highest BCUT2D eigenvalue weighted by atomic mass is 16.5. The Morgan fingerprint density at radius 3 is 1.91 bits per heavy atom. The van der Waals surface area contributed by atoms with Gasteiger partial charge in [-0.25, -0.2) is 9.59 Å². The summed E-state index contributed by atoms with van der Waals surface area (Å²) in [5.41, 5.74) is 0. The summed E-state index contributed by atoms with van der Waals surface area (Å²) in [4.78, 5) is 68.0. The highest BCUT2D eigenvalue weighted by molar-refractivity contribution is 5.89. The lowest BCUT2D eigenvalue weighted by Gasteiger charge is -2.20. The molecule has 0 bridgehead atoms. The molecule has 0 radical (unpaired) electrons. The lowest BCUT2D eigenvalue weighted by atomic mass is 10.1. The van der Waals surface area contributed by atoms with E-state index in [4.69, 9.17) is 20.1 Å². The molecular weight excluding hydrogens is 432 g/mol. The van der Waals surface area contributed by atoms with E-state index in [0.29, 0.717) is 19.4 Å². The topological polar surface area (TPSA) is 220 Å². The fraction of sp³-hybridized carbons (Fsp3) is 0.667. The van der Waals surface area contributed by atoms with Crippen LogP contribution in [0.4, 0.5) is 4.79 Å². The van der Waals surface area contributed by atoms with Crippen LogP contribution in [-0.4, -0.2) is 90.0 Å². The van der Waals surface area contributed by atoms with E-state index in [1.807, 2.05) is 0 Å². The van der Waals surface area contributed by atoms with Gasteiger partial charge in [0.1, 0.15) is 12.1 Å². The molecule has 32 heavy (non-hydrogen) atoms. The predicted octanol–water partition coefficient (Wildman–Crippen LogP) is -1.50. The Morgan fingerprint density at radius 2 is 1.38 bits per heavy atom. The second-order valence-electron chi connectivity index (χ2n) is 6.61. The smallest absolute Gasteiger partial charge is 0.326 e. The van der Waals surface area contributed by atoms with Gasteiger partial charge in [0, 0.05) is 39.5 Å². The Balaban J connectivity index is 4.60. The van der Waals surface area contributed by atoms with Gasteiger partial charge in [0.05, 0.1) is 6.61 Å². The molecule has 0 heterocycles. The molecule has 0 spiro atoms. The molecule has 0 rings (SSSR count). The average molecular weight is 462 g/mol. The van der Waals surface area contributed by atoms with Crippen molar-refractivity contribution in [3.05, 3.63) is 0 Å². The summed E-state index contributed by atoms with van der Waals surface area (Å²) in [6, 6.07) is -3.83. The zero-order valence-electron chi connectivity index (χ0n) is 17.7. The van der Waals surface area contributed by atoms with E-state index in [9.17, 15) is 28.8 Å². The van der Waals surface area contributed by atoms with Crippen LogP contribution in [-0.2, 0) is 28.7 Å². The number of ether oxygens (including phenoxy) is 1. The van der Waals surface area contributed by atoms with E-state index in [1.54, 1.807) is 0 Å². The van der Waals surface area contributed by atoms with Crippen LogP contribution in [0.5, 0.6) is 0 Å². The van der Waals surface area contributed by atoms with Crippen LogP contribution in [0, 0.1) is 0 Å². The van der Waals surface area contributed by atoms with Crippen molar-refractivity contribution in [3.8, 4) is 0 Å². The van der Waals surface area contributed by atoms with Crippen molar-refractivity contribution in [2.24, 2.45) is 0 Å². The number of hydrogen-bond acceptors (Lipinski definition) is 7. The van der Waals surface area contributed by atoms with Gasteiger partial charge in [0.15, 0.2) is 0 Å². The van der Waals surface area contributed by atoms with Crippen molar-refractivity contribution in [3.63, 3.8) is 0 Å². The Labute approximate surface area is 184 Å². The van der Waals surface area contributed by atoms with Gasteiger partial charge in [0.2, 0.25) is 11.8 Å². The number of nitrogens with one attached hydrogen (secondary N) is 4. The number of carbonyl (C=O) groups excluding carboxylic acids is 3. The van der Waals surface area contributed by atoms with E-state index in [1.165, 1.54) is 7.05 Å². The van der Waals surface area contributed by atoms with Crippen LogP contribution in [0.1, 0.15) is 38.5 Å². The molecule has 14 nitrogen and oxygen atoms in total. The first kappa shape index (κ1) is 28.6. The zero-order valence-corrected chi connectivity index (χ0v) is 17.7. The summed E-state index contributed by atoms with van der Waals surface area (Å²) >= 11 is 0. The Kier molecular flexibility index (Phi) is 14.6. The Morgan fingerprint density at radius 1 is 0.812 bits per heavy atom. The second kappa shape index (κ2) is 16.3. The summed E-state index contributed by atoms with van der Waals surface area (Å²) in [7, 11) is 1.52. The van der Waals surface area contributed by atoms with Gasteiger partial charge < -0.3 is 41.3 Å². The summed E-state index contributed by atoms with van der Waals surface area (Å²) in [5, 5.41) is 35.7. The van der Waals surface area contributed by atoms with Crippen LogP contribution in [0.15, 0.2) is 0 Å². The van der Waals surface area contributed by atoms with Gasteiger partial charge in [-0.1, -0.05) is 0 Å². The first-order chi connectivity index (χ1) is 15.1. The molecule has 0 aliphatic rings. The number of hydrogen-bond donors (Lipinski definition) is 7. The van der Waals surface area contributed by atoms with E-state index in [0.717, 1.165) is 0 Å². The number of aliphatic carboxylic acids is 3. The molecule has 2 atom stereocenters. The first-order valence-corrected chi connectivity index (χ1v) is 9.86. The number of carboxylic acids is 3. The quantitative estimate of drug-likeness (QED) is 0.124. The lowest BCUT2D eigenvalue weighted by molar-refractivity contribution is -0.141. The largest absolute Gasteiger partial charge is 0.481 e. The minimum atomic E-state index is -1.50. The van der Waals surface area contributed by atoms with Gasteiger partial charge in [-0.3, -0.25) is 19.2 Å². The van der Waals surface area contributed by atoms with Crippen molar-refractivity contribution < 1.29 is 48.8 Å². The molecule has 0 fully saturated rings. The second-order valence-corrected chi connectivity index (χ2v) is 6.61. The summed E-state index contributed by atoms with van der Waals surface area (Å²) < 4.78 is 5.26. The molecule has 7 N–H and O–H groups in total. The van der Waals surface area contributed by atoms with Crippen LogP contribution < -0.4 is 21.3 Å². The number of amides is 4. The van der Waals surface area contributed by atoms with E-state index in [-0.39, 0.29) is 31.9 Å². The first-order valence-electron chi connectivity index (χ1n) is 9.86. The van der Waals surface area contributed by atoms with Crippen molar-refractivity contribution in [1.29, 1.82) is 0 Å². The summed E-state index contributed by atoms with van der Waals surface area (Å²) in [6.45, 7) is 0.467. The van der Waals surface area contributed by atoms with E-state index >= 15 is 0 Å². The molecule has 0 unspecified atom stereocenters. The third-order valence-electron chi connectivity index (χ3n) is 4.04. The number of urea groups is 1. The third-order valence-corrected chi connectivity index (χ3v) is 4.04. The molecule has 0 aromatic heterocycles. The number of rotatable bonds is 17. The highest BCUT2D eigenvalue weighted by Crippen LogP contribution is 2.01. The molecule has 0 aliphatic heterocycles. The molecule has 0 saturated carbocycles. The standard InChI is InChI=1S/C18H30N4O10/c1-19-13(23)3-2-9-32-10-8-20-16(28)11(4-6-14(24)25)21-18(31)22-12(17(29)30)5-7-15(26)27/h11-12H,2-10H2,1H3,(H,19,23)(H,20,28)(H,24,25)(H,26,27)(H,29,30)(H2,21,22,31)/t11-,12-/m0/s1.